The first-order valence-corrected chi connectivity index (χ1v) is 13.8. The Morgan fingerprint density at radius 1 is 1.09 bits per heavy atom. The van der Waals surface area contributed by atoms with Gasteiger partial charge in [-0.2, -0.15) is 10.2 Å². The summed E-state index contributed by atoms with van der Waals surface area (Å²) < 4.78 is 4.34. The van der Waals surface area contributed by atoms with Crippen LogP contribution in [0.25, 0.3) is 11.0 Å². The number of aromatic nitrogens is 5. The second-order valence-electron chi connectivity index (χ2n) is 12.0. The lowest BCUT2D eigenvalue weighted by molar-refractivity contribution is -0.0322. The van der Waals surface area contributed by atoms with Crippen molar-refractivity contribution in [2.45, 2.75) is 84.3 Å². The first kappa shape index (κ1) is 21.8. The quantitative estimate of drug-likeness (QED) is 0.563. The largest absolute Gasteiger partial charge is 0.366 e. The molecule has 3 fully saturated rings. The molecule has 3 aromatic rings. The summed E-state index contributed by atoms with van der Waals surface area (Å²) in [6, 6.07) is 3.10. The normalized spacial score (nSPS) is 28.8. The van der Waals surface area contributed by atoms with Crippen LogP contribution in [0.5, 0.6) is 0 Å². The number of anilines is 1. The second kappa shape index (κ2) is 8.05. The molecule has 4 aliphatic rings. The smallest absolute Gasteiger partial charge is 0.159 e. The molecule has 3 atom stereocenters. The molecule has 0 radical (unpaired) electrons. The van der Waals surface area contributed by atoms with Crippen LogP contribution >= 0.6 is 0 Å². The Hall–Kier alpha value is -2.41. The van der Waals surface area contributed by atoms with Gasteiger partial charge in [-0.05, 0) is 82.9 Å². The average molecular weight is 474 g/mol. The van der Waals surface area contributed by atoms with E-state index in [9.17, 15) is 0 Å². The van der Waals surface area contributed by atoms with Crippen LogP contribution in [0.3, 0.4) is 0 Å². The molecule has 7 nitrogen and oxygen atoms in total. The molecule has 3 aromatic heterocycles. The molecule has 1 saturated heterocycles. The van der Waals surface area contributed by atoms with Gasteiger partial charge in [-0.1, -0.05) is 6.42 Å². The van der Waals surface area contributed by atoms with Gasteiger partial charge >= 0.3 is 0 Å². The van der Waals surface area contributed by atoms with Crippen LogP contribution in [0.1, 0.15) is 67.6 Å². The molecule has 2 saturated carbocycles. The van der Waals surface area contributed by atoms with Gasteiger partial charge in [-0.15, -0.1) is 0 Å². The SMILES string of the molecule is Cc1cc(N2CCc3c(c(C)nn3CC34CCCC(C3)C(N3CCC3)CC4)C2)c2cnn(C)c2n1. The van der Waals surface area contributed by atoms with Gasteiger partial charge in [0.15, 0.2) is 5.65 Å². The monoisotopic (exact) mass is 473 g/mol. The van der Waals surface area contributed by atoms with E-state index in [-0.39, 0.29) is 0 Å². The third-order valence-corrected chi connectivity index (χ3v) is 9.82. The maximum absolute atomic E-state index is 5.17. The van der Waals surface area contributed by atoms with Crippen LogP contribution in [0.2, 0.25) is 0 Å². The minimum absolute atomic E-state index is 0.470. The summed E-state index contributed by atoms with van der Waals surface area (Å²) in [6.45, 7) is 10.1. The van der Waals surface area contributed by atoms with Gasteiger partial charge in [0.2, 0.25) is 0 Å². The van der Waals surface area contributed by atoms with Gasteiger partial charge in [-0.3, -0.25) is 9.36 Å². The van der Waals surface area contributed by atoms with Crippen molar-refractivity contribution in [1.29, 1.82) is 0 Å². The fraction of sp³-hybridized carbons (Fsp3) is 0.679. The lowest BCUT2D eigenvalue weighted by Gasteiger charge is -2.53. The molecule has 2 bridgehead atoms. The van der Waals surface area contributed by atoms with Crippen molar-refractivity contribution >= 4 is 16.7 Å². The van der Waals surface area contributed by atoms with Gasteiger partial charge in [-0.25, -0.2) is 4.98 Å². The topological polar surface area (TPSA) is 55.0 Å². The number of nitrogens with zero attached hydrogens (tertiary/aromatic N) is 7. The molecule has 0 amide bonds. The summed E-state index contributed by atoms with van der Waals surface area (Å²) in [5.74, 6) is 0.914. The van der Waals surface area contributed by atoms with Crippen LogP contribution in [-0.4, -0.2) is 55.1 Å². The van der Waals surface area contributed by atoms with E-state index < -0.39 is 0 Å². The highest BCUT2D eigenvalue weighted by atomic mass is 15.3. The maximum atomic E-state index is 5.17. The first-order chi connectivity index (χ1) is 17.0. The van der Waals surface area contributed by atoms with Crippen LogP contribution in [-0.2, 0) is 26.6 Å². The van der Waals surface area contributed by atoms with Gasteiger partial charge in [0.25, 0.3) is 0 Å². The van der Waals surface area contributed by atoms with Crippen LogP contribution in [0.15, 0.2) is 12.3 Å². The molecular formula is C28H39N7. The minimum atomic E-state index is 0.470. The summed E-state index contributed by atoms with van der Waals surface area (Å²) in [5, 5.41) is 10.8. The molecule has 2 aliphatic heterocycles. The lowest BCUT2D eigenvalue weighted by atomic mass is 9.60. The summed E-state index contributed by atoms with van der Waals surface area (Å²) in [5.41, 5.74) is 7.91. The summed E-state index contributed by atoms with van der Waals surface area (Å²) in [6.07, 6.45) is 12.9. The minimum Gasteiger partial charge on any atom is -0.366 e. The van der Waals surface area contributed by atoms with Gasteiger partial charge in [0.05, 0.1) is 23.0 Å². The van der Waals surface area contributed by atoms with E-state index in [1.165, 1.54) is 80.7 Å². The van der Waals surface area contributed by atoms with E-state index in [2.05, 4.69) is 39.5 Å². The predicted octanol–water partition coefficient (Wildman–Crippen LogP) is 4.39. The highest BCUT2D eigenvalue weighted by Gasteiger charge is 2.46. The molecule has 5 heterocycles. The van der Waals surface area contributed by atoms with Crippen LogP contribution < -0.4 is 4.90 Å². The van der Waals surface area contributed by atoms with Crippen molar-refractivity contribution in [2.75, 3.05) is 24.5 Å². The number of hydrogen-bond acceptors (Lipinski definition) is 5. The fourth-order valence-corrected chi connectivity index (χ4v) is 7.92. The predicted molar refractivity (Wildman–Crippen MR) is 139 cm³/mol. The van der Waals surface area contributed by atoms with Gasteiger partial charge < -0.3 is 9.80 Å². The fourth-order valence-electron chi connectivity index (χ4n) is 7.92. The zero-order valence-corrected chi connectivity index (χ0v) is 21.6. The standard InChI is InChI=1S/C28H39N7/c1-19-14-26(22-16-29-32(3)27(22)30-19)34-13-8-25-23(17-34)20(2)31-35(25)18-28-9-4-6-21(15-28)24(7-10-28)33-11-5-12-33/h14,16,21,24H,4-13,15,17-18H2,1-3H3. The number of pyridine rings is 1. The Bertz CT molecular complexity index is 1270. The third kappa shape index (κ3) is 3.52. The Balaban J connectivity index is 1.14. The zero-order chi connectivity index (χ0) is 23.7. The number of aryl methyl sites for hydroxylation is 3. The molecule has 0 spiro atoms. The molecule has 7 heteroatoms. The van der Waals surface area contributed by atoms with E-state index in [1.807, 2.05) is 17.9 Å². The second-order valence-corrected chi connectivity index (χ2v) is 12.0. The highest BCUT2D eigenvalue weighted by Crippen LogP contribution is 2.52. The van der Waals surface area contributed by atoms with Crippen molar-refractivity contribution in [3.05, 3.63) is 34.9 Å². The lowest BCUT2D eigenvalue weighted by Crippen LogP contribution is -2.54. The van der Waals surface area contributed by atoms with Gasteiger partial charge in [0, 0.05) is 56.1 Å². The van der Waals surface area contributed by atoms with E-state index in [4.69, 9.17) is 10.1 Å². The van der Waals surface area contributed by atoms with E-state index in [0.717, 1.165) is 54.7 Å². The van der Waals surface area contributed by atoms with Crippen molar-refractivity contribution in [3.63, 3.8) is 0 Å². The Morgan fingerprint density at radius 3 is 2.80 bits per heavy atom. The molecule has 2 aliphatic carbocycles. The molecule has 7 rings (SSSR count). The number of hydrogen-bond donors (Lipinski definition) is 0. The van der Waals surface area contributed by atoms with Crippen LogP contribution in [0.4, 0.5) is 5.69 Å². The Labute approximate surface area is 208 Å². The third-order valence-electron chi connectivity index (χ3n) is 9.82. The molecule has 186 valence electrons. The van der Waals surface area contributed by atoms with Crippen molar-refractivity contribution in [2.24, 2.45) is 18.4 Å². The number of likely N-dealkylation sites (tertiary alicyclic amines) is 1. The molecule has 0 aromatic carbocycles. The number of rotatable bonds is 4. The van der Waals surface area contributed by atoms with Crippen molar-refractivity contribution in [1.82, 2.24) is 29.4 Å². The van der Waals surface area contributed by atoms with E-state index >= 15 is 0 Å². The summed E-state index contributed by atoms with van der Waals surface area (Å²) in [4.78, 5) is 10.0. The van der Waals surface area contributed by atoms with Crippen molar-refractivity contribution in [3.8, 4) is 0 Å². The first-order valence-electron chi connectivity index (χ1n) is 13.8. The molecule has 3 unspecified atom stereocenters. The number of fused-ring (bicyclic) bond motifs is 4. The summed E-state index contributed by atoms with van der Waals surface area (Å²) >= 11 is 0. The average Bonchev–Trinajstić information content (AvgIpc) is 3.33. The summed E-state index contributed by atoms with van der Waals surface area (Å²) in [7, 11) is 1.98. The van der Waals surface area contributed by atoms with Crippen molar-refractivity contribution < 1.29 is 0 Å². The highest BCUT2D eigenvalue weighted by molar-refractivity contribution is 5.89. The van der Waals surface area contributed by atoms with E-state index in [1.54, 1.807) is 0 Å². The molecule has 35 heavy (non-hydrogen) atoms. The van der Waals surface area contributed by atoms with Crippen LogP contribution in [0, 0.1) is 25.2 Å². The van der Waals surface area contributed by atoms with E-state index in [0.29, 0.717) is 5.41 Å². The zero-order valence-electron chi connectivity index (χ0n) is 21.6. The maximum Gasteiger partial charge on any atom is 0.159 e. The molecule has 0 N–H and O–H groups in total. The Morgan fingerprint density at radius 2 is 1.97 bits per heavy atom. The van der Waals surface area contributed by atoms with Gasteiger partial charge in [0.1, 0.15) is 0 Å². The Kier molecular flexibility index (Phi) is 5.02. The molecular weight excluding hydrogens is 434 g/mol.